The van der Waals surface area contributed by atoms with Gasteiger partial charge >= 0.3 is 5.97 Å². The van der Waals surface area contributed by atoms with E-state index in [0.29, 0.717) is 18.9 Å². The Bertz CT molecular complexity index is 556. The Balaban J connectivity index is 2.46. The van der Waals surface area contributed by atoms with E-state index < -0.39 is 33.5 Å². The highest BCUT2D eigenvalue weighted by atomic mass is 19.1. The van der Waals surface area contributed by atoms with E-state index in [1.54, 1.807) is 0 Å². The minimum atomic E-state index is -1.51. The Morgan fingerprint density at radius 2 is 2.16 bits per heavy atom. The first kappa shape index (κ1) is 13.2. The maximum atomic E-state index is 13.4. The largest absolute Gasteiger partial charge is 0.478 e. The highest BCUT2D eigenvalue weighted by molar-refractivity contribution is 5.90. The summed E-state index contributed by atoms with van der Waals surface area (Å²) in [5, 5.41) is 31.5. The molecule has 0 aromatic heterocycles. The Labute approximate surface area is 106 Å². The highest BCUT2D eigenvalue weighted by Gasteiger charge is 2.43. The van der Waals surface area contributed by atoms with Crippen LogP contribution in [-0.4, -0.2) is 33.3 Å². The van der Waals surface area contributed by atoms with E-state index >= 15 is 0 Å². The number of nitro groups is 1. The van der Waals surface area contributed by atoms with Crippen molar-refractivity contribution in [3.8, 4) is 0 Å². The van der Waals surface area contributed by atoms with E-state index in [2.05, 4.69) is 5.32 Å². The molecule has 102 valence electrons. The van der Waals surface area contributed by atoms with Crippen LogP contribution in [0.15, 0.2) is 12.1 Å². The maximum Gasteiger partial charge on any atom is 0.338 e. The molecule has 0 heterocycles. The van der Waals surface area contributed by atoms with Gasteiger partial charge in [-0.25, -0.2) is 9.18 Å². The molecule has 0 spiro atoms. The molecule has 0 radical (unpaired) electrons. The Kier molecular flexibility index (Phi) is 3.11. The molecule has 3 N–H and O–H groups in total. The normalized spacial score (nSPS) is 15.9. The number of hydrogen-bond donors (Lipinski definition) is 3. The fourth-order valence-electron chi connectivity index (χ4n) is 1.74. The van der Waals surface area contributed by atoms with Crippen molar-refractivity contribution >= 4 is 17.3 Å². The van der Waals surface area contributed by atoms with Gasteiger partial charge in [-0.2, -0.15) is 0 Å². The predicted molar refractivity (Wildman–Crippen MR) is 62.7 cm³/mol. The molecule has 1 aliphatic carbocycles. The third-order valence-corrected chi connectivity index (χ3v) is 3.07. The molecular weight excluding hydrogens is 259 g/mol. The number of nitrogens with zero attached hydrogens (tertiary/aromatic N) is 1. The van der Waals surface area contributed by atoms with Gasteiger partial charge in [0.15, 0.2) is 0 Å². The molecule has 1 fully saturated rings. The zero-order chi connectivity index (χ0) is 14.2. The second-order valence-corrected chi connectivity index (χ2v) is 4.47. The number of aromatic carboxylic acids is 1. The Morgan fingerprint density at radius 1 is 1.53 bits per heavy atom. The van der Waals surface area contributed by atoms with Crippen LogP contribution in [0.5, 0.6) is 0 Å². The topological polar surface area (TPSA) is 113 Å². The monoisotopic (exact) mass is 270 g/mol. The average molecular weight is 270 g/mol. The van der Waals surface area contributed by atoms with Crippen molar-refractivity contribution in [3.63, 3.8) is 0 Å². The Hall–Kier alpha value is -2.22. The van der Waals surface area contributed by atoms with Crippen LogP contribution < -0.4 is 5.32 Å². The molecular formula is C11H11FN2O5. The second-order valence-electron chi connectivity index (χ2n) is 4.47. The number of aliphatic hydroxyl groups excluding tert-OH is 1. The minimum Gasteiger partial charge on any atom is -0.478 e. The molecule has 8 heteroatoms. The molecule has 0 amide bonds. The van der Waals surface area contributed by atoms with Crippen molar-refractivity contribution < 1.29 is 24.3 Å². The fourth-order valence-corrected chi connectivity index (χ4v) is 1.74. The van der Waals surface area contributed by atoms with E-state index in [9.17, 15) is 19.3 Å². The predicted octanol–water partition coefficient (Wildman–Crippen LogP) is 1.37. The fraction of sp³-hybridized carbons (Fsp3) is 0.364. The molecule has 0 bridgehead atoms. The smallest absolute Gasteiger partial charge is 0.338 e. The summed E-state index contributed by atoms with van der Waals surface area (Å²) in [6.07, 6.45) is 1.22. The lowest BCUT2D eigenvalue weighted by molar-refractivity contribution is -0.384. The van der Waals surface area contributed by atoms with Crippen molar-refractivity contribution in [3.05, 3.63) is 33.6 Å². The first-order valence-electron chi connectivity index (χ1n) is 5.49. The van der Waals surface area contributed by atoms with E-state index in [-0.39, 0.29) is 12.3 Å². The van der Waals surface area contributed by atoms with Crippen LogP contribution in [-0.2, 0) is 0 Å². The van der Waals surface area contributed by atoms with Crippen LogP contribution in [0.3, 0.4) is 0 Å². The molecule has 1 aromatic rings. The Morgan fingerprint density at radius 3 is 2.58 bits per heavy atom. The quantitative estimate of drug-likeness (QED) is 0.550. The summed E-state index contributed by atoms with van der Waals surface area (Å²) in [6.45, 7) is -0.232. The molecule has 1 aliphatic rings. The van der Waals surface area contributed by atoms with Crippen LogP contribution in [0.4, 0.5) is 15.8 Å². The van der Waals surface area contributed by atoms with Gasteiger partial charge in [0.2, 0.25) is 0 Å². The number of hydrogen-bond acceptors (Lipinski definition) is 5. The molecule has 1 aromatic carbocycles. The van der Waals surface area contributed by atoms with Gasteiger partial charge in [-0.05, 0) is 18.9 Å². The summed E-state index contributed by atoms with van der Waals surface area (Å²) in [5.41, 5.74) is -1.97. The molecule has 0 saturated heterocycles. The van der Waals surface area contributed by atoms with Gasteiger partial charge in [-0.1, -0.05) is 0 Å². The van der Waals surface area contributed by atoms with Crippen LogP contribution in [0, 0.1) is 15.9 Å². The second kappa shape index (κ2) is 4.47. The van der Waals surface area contributed by atoms with E-state index in [0.717, 1.165) is 6.07 Å². The number of carboxylic acid groups (broad SMARTS) is 1. The number of aliphatic hydroxyl groups is 1. The third kappa shape index (κ3) is 2.48. The number of carboxylic acids is 1. The van der Waals surface area contributed by atoms with Crippen LogP contribution in [0.2, 0.25) is 0 Å². The lowest BCUT2D eigenvalue weighted by Gasteiger charge is -2.16. The van der Waals surface area contributed by atoms with Gasteiger partial charge in [0.1, 0.15) is 11.5 Å². The lowest BCUT2D eigenvalue weighted by Crippen LogP contribution is -2.26. The lowest BCUT2D eigenvalue weighted by atomic mass is 10.1. The van der Waals surface area contributed by atoms with Gasteiger partial charge in [-0.15, -0.1) is 0 Å². The summed E-state index contributed by atoms with van der Waals surface area (Å²) in [4.78, 5) is 20.9. The van der Waals surface area contributed by atoms with Crippen LogP contribution in [0.25, 0.3) is 0 Å². The van der Waals surface area contributed by atoms with Gasteiger partial charge in [-0.3, -0.25) is 10.1 Å². The van der Waals surface area contributed by atoms with Crippen LogP contribution in [0.1, 0.15) is 23.2 Å². The maximum absolute atomic E-state index is 13.4. The van der Waals surface area contributed by atoms with E-state index in [4.69, 9.17) is 10.2 Å². The van der Waals surface area contributed by atoms with Crippen molar-refractivity contribution in [1.82, 2.24) is 0 Å². The van der Waals surface area contributed by atoms with Crippen molar-refractivity contribution in [2.24, 2.45) is 0 Å². The summed E-state index contributed by atoms with van der Waals surface area (Å²) in [7, 11) is 0. The standard InChI is InChI=1S/C11H11FN2O5/c12-7-4-9(14(18)19)8(3-6(7)10(16)17)13-11(5-15)1-2-11/h3-4,13,15H,1-2,5H2,(H,16,17). The molecule has 0 atom stereocenters. The summed E-state index contributed by atoms with van der Waals surface area (Å²) < 4.78 is 13.4. The number of halogens is 1. The summed E-state index contributed by atoms with van der Waals surface area (Å²) >= 11 is 0. The minimum absolute atomic E-state index is 0.102. The van der Waals surface area contributed by atoms with Gasteiger partial charge in [0.25, 0.3) is 5.69 Å². The third-order valence-electron chi connectivity index (χ3n) is 3.07. The summed E-state index contributed by atoms with van der Waals surface area (Å²) in [6, 6.07) is 1.45. The number of rotatable bonds is 5. The molecule has 0 aliphatic heterocycles. The van der Waals surface area contributed by atoms with Gasteiger partial charge in [0, 0.05) is 0 Å². The highest BCUT2D eigenvalue weighted by Crippen LogP contribution is 2.41. The van der Waals surface area contributed by atoms with Crippen LogP contribution >= 0.6 is 0 Å². The van der Waals surface area contributed by atoms with E-state index in [1.165, 1.54) is 0 Å². The number of benzene rings is 1. The number of carbonyl (C=O) groups is 1. The average Bonchev–Trinajstić information content (AvgIpc) is 3.11. The molecule has 2 rings (SSSR count). The zero-order valence-corrected chi connectivity index (χ0v) is 9.72. The van der Waals surface area contributed by atoms with Gasteiger partial charge in [0.05, 0.1) is 28.7 Å². The van der Waals surface area contributed by atoms with Crippen molar-refractivity contribution in [1.29, 1.82) is 0 Å². The summed E-state index contributed by atoms with van der Waals surface area (Å²) in [5.74, 6) is -2.68. The van der Waals surface area contributed by atoms with Crippen molar-refractivity contribution in [2.75, 3.05) is 11.9 Å². The number of anilines is 1. The van der Waals surface area contributed by atoms with Crippen molar-refractivity contribution in [2.45, 2.75) is 18.4 Å². The SMILES string of the molecule is O=C(O)c1cc(NC2(CO)CC2)c([N+](=O)[O-])cc1F. The van der Waals surface area contributed by atoms with E-state index in [1.807, 2.05) is 0 Å². The molecule has 19 heavy (non-hydrogen) atoms. The zero-order valence-electron chi connectivity index (χ0n) is 9.72. The molecule has 0 unspecified atom stereocenters. The first-order chi connectivity index (χ1) is 8.88. The molecule has 1 saturated carbocycles. The number of nitrogens with one attached hydrogen (secondary N) is 1. The van der Waals surface area contributed by atoms with Gasteiger partial charge < -0.3 is 15.5 Å². The molecule has 7 nitrogen and oxygen atoms in total. The number of nitro benzene ring substituents is 1. The first-order valence-corrected chi connectivity index (χ1v) is 5.49.